The molecule has 0 aliphatic heterocycles. The molecule has 0 amide bonds. The maximum absolute atomic E-state index is 5.44. The Bertz CT molecular complexity index is 78.5. The number of rotatable bonds is 7. The molecule has 0 saturated carbocycles. The quantitative estimate of drug-likeness (QED) is 0.561. The molecule has 11 heavy (non-hydrogen) atoms. The third-order valence-electron chi connectivity index (χ3n) is 1.47. The lowest BCUT2D eigenvalue weighted by Crippen LogP contribution is -2.28. The van der Waals surface area contributed by atoms with E-state index in [1.165, 1.54) is 0 Å². The average Bonchev–Trinajstić information content (AvgIpc) is 2.03. The molecular formula is C8H19NO2. The van der Waals surface area contributed by atoms with Crippen molar-refractivity contribution in [3.05, 3.63) is 0 Å². The molecule has 0 fully saturated rings. The molecule has 0 bridgehead atoms. The van der Waals surface area contributed by atoms with Crippen LogP contribution in [0.2, 0.25) is 0 Å². The second-order valence-electron chi connectivity index (χ2n) is 2.54. The minimum atomic E-state index is 0.0755. The van der Waals surface area contributed by atoms with E-state index in [0.717, 1.165) is 19.4 Å². The summed E-state index contributed by atoms with van der Waals surface area (Å²) in [4.78, 5) is 0. The lowest BCUT2D eigenvalue weighted by atomic mass is 10.3. The van der Waals surface area contributed by atoms with Gasteiger partial charge >= 0.3 is 0 Å². The van der Waals surface area contributed by atoms with Gasteiger partial charge in [-0.3, -0.25) is 0 Å². The van der Waals surface area contributed by atoms with Gasteiger partial charge in [0.25, 0.3) is 0 Å². The van der Waals surface area contributed by atoms with E-state index in [9.17, 15) is 0 Å². The van der Waals surface area contributed by atoms with E-state index < -0.39 is 0 Å². The van der Waals surface area contributed by atoms with E-state index in [-0.39, 0.29) is 6.10 Å². The monoisotopic (exact) mass is 161 g/mol. The Balaban J connectivity index is 3.20. The fraction of sp³-hybridized carbons (Fsp3) is 1.00. The minimum absolute atomic E-state index is 0.0755. The Kier molecular flexibility index (Phi) is 7.89. The van der Waals surface area contributed by atoms with Crippen molar-refractivity contribution in [2.75, 3.05) is 26.9 Å². The van der Waals surface area contributed by atoms with Crippen molar-refractivity contribution in [3.8, 4) is 0 Å². The van der Waals surface area contributed by atoms with Gasteiger partial charge in [-0.1, -0.05) is 13.3 Å². The van der Waals surface area contributed by atoms with Gasteiger partial charge in [0, 0.05) is 20.3 Å². The van der Waals surface area contributed by atoms with E-state index in [1.807, 2.05) is 0 Å². The van der Waals surface area contributed by atoms with Crippen LogP contribution in [0.4, 0.5) is 0 Å². The Morgan fingerprint density at radius 1 is 1.45 bits per heavy atom. The molecule has 0 aromatic rings. The molecule has 3 nitrogen and oxygen atoms in total. The van der Waals surface area contributed by atoms with Gasteiger partial charge in [0.15, 0.2) is 0 Å². The summed E-state index contributed by atoms with van der Waals surface area (Å²) in [7, 11) is 1.66. The normalized spacial score (nSPS) is 13.4. The first-order chi connectivity index (χ1) is 5.35. The first-order valence-electron chi connectivity index (χ1n) is 4.15. The Labute approximate surface area is 68.9 Å². The highest BCUT2D eigenvalue weighted by Crippen LogP contribution is 1.94. The number of ether oxygens (including phenoxy) is 2. The molecule has 0 aliphatic carbocycles. The predicted octanol–water partition coefficient (Wildman–Crippen LogP) is 0.777. The number of hydrogen-bond acceptors (Lipinski definition) is 3. The first-order valence-corrected chi connectivity index (χ1v) is 4.15. The largest absolute Gasteiger partial charge is 0.382 e. The van der Waals surface area contributed by atoms with Gasteiger partial charge in [-0.15, -0.1) is 0 Å². The van der Waals surface area contributed by atoms with Crippen LogP contribution in [0, 0.1) is 0 Å². The summed E-state index contributed by atoms with van der Waals surface area (Å²) in [6, 6.07) is 0. The Morgan fingerprint density at radius 3 is 2.64 bits per heavy atom. The smallest absolute Gasteiger partial charge is 0.0930 e. The number of hydrogen-bond donors (Lipinski definition) is 1. The molecule has 0 heterocycles. The van der Waals surface area contributed by atoms with Crippen LogP contribution >= 0.6 is 0 Å². The van der Waals surface area contributed by atoms with Gasteiger partial charge in [0.1, 0.15) is 0 Å². The molecule has 0 aromatic carbocycles. The summed E-state index contributed by atoms with van der Waals surface area (Å²) in [5, 5.41) is 0. The number of unbranched alkanes of at least 4 members (excludes halogenated alkanes) is 1. The zero-order valence-electron chi connectivity index (χ0n) is 7.51. The van der Waals surface area contributed by atoms with E-state index in [2.05, 4.69) is 6.92 Å². The fourth-order valence-electron chi connectivity index (χ4n) is 0.764. The van der Waals surface area contributed by atoms with Crippen LogP contribution in [0.1, 0.15) is 19.8 Å². The van der Waals surface area contributed by atoms with Crippen molar-refractivity contribution in [1.82, 2.24) is 0 Å². The second-order valence-corrected chi connectivity index (χ2v) is 2.54. The highest BCUT2D eigenvalue weighted by Gasteiger charge is 2.04. The molecule has 1 atom stereocenters. The zero-order valence-corrected chi connectivity index (χ0v) is 7.51. The first kappa shape index (κ1) is 10.9. The maximum Gasteiger partial charge on any atom is 0.0930 e. The number of methoxy groups -OCH3 is 1. The molecule has 0 aromatic heterocycles. The van der Waals surface area contributed by atoms with Crippen LogP contribution in [-0.2, 0) is 9.47 Å². The standard InChI is InChI=1S/C8H19NO2/c1-3-4-5-11-8(6-9)7-10-2/h8H,3-7,9H2,1-2H3. The van der Waals surface area contributed by atoms with E-state index in [0.29, 0.717) is 13.2 Å². The SMILES string of the molecule is CCCCOC(CN)COC. The van der Waals surface area contributed by atoms with E-state index >= 15 is 0 Å². The third-order valence-corrected chi connectivity index (χ3v) is 1.47. The van der Waals surface area contributed by atoms with Crippen molar-refractivity contribution in [2.45, 2.75) is 25.9 Å². The summed E-state index contributed by atoms with van der Waals surface area (Å²) in [5.74, 6) is 0. The van der Waals surface area contributed by atoms with E-state index in [4.69, 9.17) is 15.2 Å². The van der Waals surface area contributed by atoms with Crippen molar-refractivity contribution < 1.29 is 9.47 Å². The van der Waals surface area contributed by atoms with Gasteiger partial charge in [-0.2, -0.15) is 0 Å². The molecule has 68 valence electrons. The summed E-state index contributed by atoms with van der Waals surface area (Å²) in [6.07, 6.45) is 2.33. The molecule has 0 saturated heterocycles. The van der Waals surface area contributed by atoms with Crippen LogP contribution < -0.4 is 5.73 Å². The predicted molar refractivity (Wildman–Crippen MR) is 45.6 cm³/mol. The second kappa shape index (κ2) is 7.98. The zero-order chi connectivity index (χ0) is 8.53. The molecule has 3 heteroatoms. The molecular weight excluding hydrogens is 142 g/mol. The Morgan fingerprint density at radius 2 is 2.18 bits per heavy atom. The molecule has 0 rings (SSSR count). The van der Waals surface area contributed by atoms with Crippen molar-refractivity contribution in [3.63, 3.8) is 0 Å². The van der Waals surface area contributed by atoms with Gasteiger partial charge in [-0.25, -0.2) is 0 Å². The summed E-state index contributed by atoms with van der Waals surface area (Å²) >= 11 is 0. The van der Waals surface area contributed by atoms with Gasteiger partial charge in [0.2, 0.25) is 0 Å². The van der Waals surface area contributed by atoms with Crippen molar-refractivity contribution in [2.24, 2.45) is 5.73 Å². The highest BCUT2D eigenvalue weighted by atomic mass is 16.5. The summed E-state index contributed by atoms with van der Waals surface area (Å²) in [5.41, 5.74) is 5.44. The third kappa shape index (κ3) is 6.28. The van der Waals surface area contributed by atoms with Crippen LogP contribution in [-0.4, -0.2) is 33.0 Å². The molecule has 0 aliphatic rings. The van der Waals surface area contributed by atoms with Crippen LogP contribution in [0.5, 0.6) is 0 Å². The van der Waals surface area contributed by atoms with Crippen LogP contribution in [0.15, 0.2) is 0 Å². The summed E-state index contributed by atoms with van der Waals surface area (Å²) < 4.78 is 10.3. The average molecular weight is 161 g/mol. The molecule has 1 unspecified atom stereocenters. The van der Waals surface area contributed by atoms with Crippen LogP contribution in [0.3, 0.4) is 0 Å². The van der Waals surface area contributed by atoms with Crippen molar-refractivity contribution >= 4 is 0 Å². The minimum Gasteiger partial charge on any atom is -0.382 e. The van der Waals surface area contributed by atoms with Gasteiger partial charge in [0.05, 0.1) is 12.7 Å². The fourth-order valence-corrected chi connectivity index (χ4v) is 0.764. The lowest BCUT2D eigenvalue weighted by molar-refractivity contribution is 0.00257. The van der Waals surface area contributed by atoms with Gasteiger partial charge in [-0.05, 0) is 6.42 Å². The lowest BCUT2D eigenvalue weighted by Gasteiger charge is -2.14. The van der Waals surface area contributed by atoms with Crippen molar-refractivity contribution in [1.29, 1.82) is 0 Å². The summed E-state index contributed by atoms with van der Waals surface area (Å²) in [6.45, 7) is 4.07. The Hall–Kier alpha value is -0.120. The molecule has 0 spiro atoms. The van der Waals surface area contributed by atoms with Crippen LogP contribution in [0.25, 0.3) is 0 Å². The highest BCUT2D eigenvalue weighted by molar-refractivity contribution is 4.55. The molecule has 2 N–H and O–H groups in total. The van der Waals surface area contributed by atoms with E-state index in [1.54, 1.807) is 7.11 Å². The topological polar surface area (TPSA) is 44.5 Å². The van der Waals surface area contributed by atoms with Gasteiger partial charge < -0.3 is 15.2 Å². The molecule has 0 radical (unpaired) electrons. The maximum atomic E-state index is 5.44. The number of nitrogens with two attached hydrogens (primary N) is 1.